The fraction of sp³-hybridized carbons (Fsp3) is 0.611. The molecule has 1 aromatic rings. The fourth-order valence-electron chi connectivity index (χ4n) is 3.19. The predicted molar refractivity (Wildman–Crippen MR) is 85.0 cm³/mol. The van der Waals surface area contributed by atoms with Gasteiger partial charge in [0.05, 0.1) is 5.56 Å². The molecule has 0 radical (unpaired) electrons. The maximum atomic E-state index is 12.5. The van der Waals surface area contributed by atoms with Crippen LogP contribution in [0.15, 0.2) is 24.3 Å². The van der Waals surface area contributed by atoms with Crippen LogP contribution in [0.25, 0.3) is 0 Å². The maximum Gasteiger partial charge on any atom is 0.416 e. The van der Waals surface area contributed by atoms with E-state index in [1.165, 1.54) is 31.4 Å². The Labute approximate surface area is 135 Å². The number of hydrogen-bond donors (Lipinski definition) is 1. The van der Waals surface area contributed by atoms with Crippen LogP contribution in [0.3, 0.4) is 0 Å². The number of rotatable bonds is 5. The third kappa shape index (κ3) is 5.26. The van der Waals surface area contributed by atoms with Crippen molar-refractivity contribution >= 4 is 11.6 Å². The summed E-state index contributed by atoms with van der Waals surface area (Å²) in [6.07, 6.45) is 3.24. The highest BCUT2D eigenvalue weighted by atomic mass is 19.4. The molecule has 0 bridgehead atoms. The molecule has 23 heavy (non-hydrogen) atoms. The monoisotopic (exact) mass is 327 g/mol. The first-order valence-corrected chi connectivity index (χ1v) is 8.38. The molecule has 1 saturated carbocycles. The zero-order valence-electron chi connectivity index (χ0n) is 13.5. The molecule has 1 N–H and O–H groups in total. The summed E-state index contributed by atoms with van der Waals surface area (Å²) in [6, 6.07) is 4.62. The lowest BCUT2D eigenvalue weighted by Crippen LogP contribution is -2.27. The van der Waals surface area contributed by atoms with E-state index in [2.05, 4.69) is 12.2 Å². The van der Waals surface area contributed by atoms with E-state index >= 15 is 0 Å². The Bertz CT molecular complexity index is 502. The van der Waals surface area contributed by atoms with E-state index in [4.69, 9.17) is 0 Å². The molecule has 5 heteroatoms. The molecule has 0 aliphatic heterocycles. The van der Waals surface area contributed by atoms with Crippen LogP contribution in [0.1, 0.15) is 57.4 Å². The van der Waals surface area contributed by atoms with E-state index in [-0.39, 0.29) is 11.8 Å². The van der Waals surface area contributed by atoms with Gasteiger partial charge in [0.1, 0.15) is 0 Å². The lowest BCUT2D eigenvalue weighted by Gasteiger charge is -2.27. The van der Waals surface area contributed by atoms with Gasteiger partial charge < -0.3 is 5.32 Å². The predicted octanol–water partition coefficient (Wildman–Crippen LogP) is 5.64. The van der Waals surface area contributed by atoms with Crippen molar-refractivity contribution in [2.24, 2.45) is 11.8 Å². The smallest absolute Gasteiger partial charge is 0.326 e. The summed E-state index contributed by atoms with van der Waals surface area (Å²) in [5, 5.41) is 2.74. The second-order valence-corrected chi connectivity index (χ2v) is 6.42. The van der Waals surface area contributed by atoms with Crippen LogP contribution in [0.4, 0.5) is 18.9 Å². The molecule has 0 unspecified atom stereocenters. The minimum atomic E-state index is -4.35. The molecule has 0 heterocycles. The van der Waals surface area contributed by atoms with E-state index < -0.39 is 11.7 Å². The maximum absolute atomic E-state index is 12.5. The molecule has 1 amide bonds. The molecule has 0 atom stereocenters. The number of alkyl halides is 3. The zero-order valence-corrected chi connectivity index (χ0v) is 13.5. The lowest BCUT2D eigenvalue weighted by molar-refractivity contribution is -0.137. The van der Waals surface area contributed by atoms with Crippen molar-refractivity contribution in [3.8, 4) is 0 Å². The van der Waals surface area contributed by atoms with Crippen LogP contribution in [0, 0.1) is 11.8 Å². The van der Waals surface area contributed by atoms with Gasteiger partial charge in [0, 0.05) is 11.6 Å². The molecule has 1 aliphatic carbocycles. The summed E-state index contributed by atoms with van der Waals surface area (Å²) in [4.78, 5) is 12.2. The Kier molecular flexibility index (Phi) is 6.08. The molecule has 0 spiro atoms. The van der Waals surface area contributed by atoms with Crippen molar-refractivity contribution in [3.63, 3.8) is 0 Å². The lowest BCUT2D eigenvalue weighted by atomic mass is 9.79. The van der Waals surface area contributed by atoms with Gasteiger partial charge in [0.2, 0.25) is 5.91 Å². The number of benzene rings is 1. The molecule has 2 rings (SSSR count). The number of carbonyl (C=O) groups is 1. The van der Waals surface area contributed by atoms with Gasteiger partial charge in [-0.2, -0.15) is 13.2 Å². The molecule has 128 valence electrons. The number of halogens is 3. The largest absolute Gasteiger partial charge is 0.416 e. The Hall–Kier alpha value is -1.52. The Balaban J connectivity index is 1.83. The molecular formula is C18H24F3NO. The highest BCUT2D eigenvalue weighted by Crippen LogP contribution is 2.33. The second kappa shape index (κ2) is 7.84. The number of amides is 1. The third-order valence-electron chi connectivity index (χ3n) is 4.66. The number of carbonyl (C=O) groups excluding carboxylic acids is 1. The Morgan fingerprint density at radius 3 is 2.26 bits per heavy atom. The van der Waals surface area contributed by atoms with Crippen molar-refractivity contribution in [3.05, 3.63) is 29.8 Å². The van der Waals surface area contributed by atoms with Crippen LogP contribution in [-0.4, -0.2) is 5.91 Å². The van der Waals surface area contributed by atoms with Crippen molar-refractivity contribution in [1.29, 1.82) is 0 Å². The van der Waals surface area contributed by atoms with Gasteiger partial charge in [-0.3, -0.25) is 4.79 Å². The summed E-state index contributed by atoms with van der Waals surface area (Å²) in [5.41, 5.74) is -0.275. The van der Waals surface area contributed by atoms with Crippen LogP contribution < -0.4 is 5.32 Å². The Morgan fingerprint density at radius 1 is 1.13 bits per heavy atom. The van der Waals surface area contributed by atoms with Gasteiger partial charge in [-0.1, -0.05) is 26.2 Å². The first-order chi connectivity index (χ1) is 10.9. The molecule has 2 nitrogen and oxygen atoms in total. The molecular weight excluding hydrogens is 303 g/mol. The zero-order chi connectivity index (χ0) is 16.9. The first kappa shape index (κ1) is 17.8. The summed E-state index contributed by atoms with van der Waals surface area (Å²) >= 11 is 0. The molecule has 0 aromatic heterocycles. The van der Waals surface area contributed by atoms with Gasteiger partial charge in [-0.05, 0) is 55.9 Å². The van der Waals surface area contributed by atoms with Gasteiger partial charge in [0.15, 0.2) is 0 Å². The highest BCUT2D eigenvalue weighted by molar-refractivity contribution is 5.92. The standard InChI is InChI=1S/C18H24F3NO/c1-2-3-4-13-5-7-14(8-6-13)17(23)22-16-11-9-15(10-12-16)18(19,20)21/h9-14H,2-8H2,1H3,(H,22,23). The minimum absolute atomic E-state index is 0.0184. The van der Waals surface area contributed by atoms with Crippen LogP contribution in [0.5, 0.6) is 0 Å². The van der Waals surface area contributed by atoms with Crippen molar-refractivity contribution in [1.82, 2.24) is 0 Å². The average molecular weight is 327 g/mol. The van der Waals surface area contributed by atoms with Gasteiger partial charge in [0.25, 0.3) is 0 Å². The summed E-state index contributed by atoms with van der Waals surface area (Å²) in [6.45, 7) is 2.18. The number of unbranched alkanes of at least 4 members (excludes halogenated alkanes) is 1. The topological polar surface area (TPSA) is 29.1 Å². The van der Waals surface area contributed by atoms with Crippen molar-refractivity contribution in [2.45, 2.75) is 58.0 Å². The SMILES string of the molecule is CCCCC1CCC(C(=O)Nc2ccc(C(F)(F)F)cc2)CC1. The van der Waals surface area contributed by atoms with Gasteiger partial charge in [-0.25, -0.2) is 0 Å². The number of nitrogens with one attached hydrogen (secondary N) is 1. The number of hydrogen-bond acceptors (Lipinski definition) is 1. The summed E-state index contributed by atoms with van der Waals surface area (Å²) < 4.78 is 37.5. The van der Waals surface area contributed by atoms with E-state index in [0.717, 1.165) is 43.7 Å². The van der Waals surface area contributed by atoms with Crippen LogP contribution in [-0.2, 0) is 11.0 Å². The first-order valence-electron chi connectivity index (χ1n) is 8.38. The molecule has 1 fully saturated rings. The van der Waals surface area contributed by atoms with Crippen LogP contribution in [0.2, 0.25) is 0 Å². The van der Waals surface area contributed by atoms with E-state index in [9.17, 15) is 18.0 Å². The Morgan fingerprint density at radius 2 is 1.74 bits per heavy atom. The molecule has 1 aromatic carbocycles. The van der Waals surface area contributed by atoms with Crippen molar-refractivity contribution < 1.29 is 18.0 Å². The van der Waals surface area contributed by atoms with E-state index in [1.54, 1.807) is 0 Å². The minimum Gasteiger partial charge on any atom is -0.326 e. The van der Waals surface area contributed by atoms with E-state index in [1.807, 2.05) is 0 Å². The molecule has 0 saturated heterocycles. The second-order valence-electron chi connectivity index (χ2n) is 6.42. The van der Waals surface area contributed by atoms with Crippen LogP contribution >= 0.6 is 0 Å². The summed E-state index contributed by atoms with van der Waals surface area (Å²) in [7, 11) is 0. The normalized spacial score (nSPS) is 21.9. The highest BCUT2D eigenvalue weighted by Gasteiger charge is 2.30. The van der Waals surface area contributed by atoms with E-state index in [0.29, 0.717) is 5.69 Å². The quantitative estimate of drug-likeness (QED) is 0.745. The molecule has 1 aliphatic rings. The van der Waals surface area contributed by atoms with Gasteiger partial charge in [-0.15, -0.1) is 0 Å². The number of anilines is 1. The van der Waals surface area contributed by atoms with Crippen molar-refractivity contribution in [2.75, 3.05) is 5.32 Å². The summed E-state index contributed by atoms with van der Waals surface area (Å²) in [5.74, 6) is 0.638. The third-order valence-corrected chi connectivity index (χ3v) is 4.66. The van der Waals surface area contributed by atoms with Gasteiger partial charge >= 0.3 is 6.18 Å². The average Bonchev–Trinajstić information content (AvgIpc) is 2.53. The fourth-order valence-corrected chi connectivity index (χ4v) is 3.19.